The van der Waals surface area contributed by atoms with E-state index in [2.05, 4.69) is 10.3 Å². The Morgan fingerprint density at radius 1 is 1.15 bits per heavy atom. The molecular weight excluding hydrogens is 383 g/mol. The lowest BCUT2D eigenvalue weighted by atomic mass is 10.2. The van der Waals surface area contributed by atoms with Crippen LogP contribution in [0.2, 0.25) is 10.2 Å². The first-order chi connectivity index (χ1) is 12.5. The quantitative estimate of drug-likeness (QED) is 0.629. The van der Waals surface area contributed by atoms with E-state index in [9.17, 15) is 9.59 Å². The zero-order valence-corrected chi connectivity index (χ0v) is 15.0. The molecule has 7 nitrogen and oxygen atoms in total. The van der Waals surface area contributed by atoms with Gasteiger partial charge in [0, 0.05) is 24.4 Å². The maximum Gasteiger partial charge on any atom is 0.340 e. The van der Waals surface area contributed by atoms with Gasteiger partial charge in [-0.2, -0.15) is 0 Å². The van der Waals surface area contributed by atoms with E-state index in [0.29, 0.717) is 30.4 Å². The van der Waals surface area contributed by atoms with Gasteiger partial charge in [-0.05, 0) is 18.2 Å². The molecule has 1 aromatic carbocycles. The second-order valence-electron chi connectivity index (χ2n) is 5.33. The van der Waals surface area contributed by atoms with Crippen LogP contribution in [0.3, 0.4) is 0 Å². The van der Waals surface area contributed by atoms with Gasteiger partial charge in [0.1, 0.15) is 5.15 Å². The first-order valence-corrected chi connectivity index (χ1v) is 8.46. The summed E-state index contributed by atoms with van der Waals surface area (Å²) in [6.07, 6.45) is 2.01. The number of nitrogens with one attached hydrogen (secondary N) is 1. The molecular formula is C17H14Cl2N2O5. The Labute approximate surface area is 159 Å². The van der Waals surface area contributed by atoms with E-state index in [1.165, 1.54) is 12.3 Å². The predicted molar refractivity (Wildman–Crippen MR) is 95.2 cm³/mol. The van der Waals surface area contributed by atoms with Crippen LogP contribution >= 0.6 is 23.2 Å². The summed E-state index contributed by atoms with van der Waals surface area (Å²) >= 11 is 11.5. The number of pyridine rings is 1. The van der Waals surface area contributed by atoms with Crippen molar-refractivity contribution in [2.75, 3.05) is 25.1 Å². The molecule has 9 heteroatoms. The lowest BCUT2D eigenvalue weighted by Gasteiger charge is -2.10. The number of carbonyl (C=O) groups is 2. The molecule has 136 valence electrons. The molecule has 2 aromatic rings. The molecule has 1 aliphatic rings. The number of fused-ring (bicyclic) bond motifs is 1. The van der Waals surface area contributed by atoms with Gasteiger partial charge in [0.05, 0.1) is 23.8 Å². The Hall–Kier alpha value is -2.51. The summed E-state index contributed by atoms with van der Waals surface area (Å²) in [5, 5.41) is 2.83. The van der Waals surface area contributed by atoms with Crippen LogP contribution in [-0.2, 0) is 9.53 Å². The summed E-state index contributed by atoms with van der Waals surface area (Å²) in [5.41, 5.74) is 0.606. The number of anilines is 1. The molecule has 1 aliphatic heterocycles. The number of nitrogens with zero attached hydrogens (tertiary/aromatic N) is 1. The largest absolute Gasteiger partial charge is 0.490 e. The van der Waals surface area contributed by atoms with Crippen molar-refractivity contribution in [3.8, 4) is 11.5 Å². The number of esters is 1. The molecule has 0 spiro atoms. The number of benzene rings is 1. The smallest absolute Gasteiger partial charge is 0.340 e. The number of hydrogen-bond donors (Lipinski definition) is 1. The average Bonchev–Trinajstić information content (AvgIpc) is 2.87. The third-order valence-corrected chi connectivity index (χ3v) is 4.08. The van der Waals surface area contributed by atoms with E-state index in [1.54, 1.807) is 18.2 Å². The number of amides is 1. The molecule has 26 heavy (non-hydrogen) atoms. The highest BCUT2D eigenvalue weighted by Crippen LogP contribution is 2.32. The number of ether oxygens (including phenoxy) is 3. The van der Waals surface area contributed by atoms with E-state index < -0.39 is 18.5 Å². The van der Waals surface area contributed by atoms with Gasteiger partial charge in [0.2, 0.25) is 0 Å². The van der Waals surface area contributed by atoms with Gasteiger partial charge in [-0.1, -0.05) is 23.2 Å². The first-order valence-electron chi connectivity index (χ1n) is 7.70. The Balaban J connectivity index is 1.56. The first kappa shape index (κ1) is 18.3. The fourth-order valence-corrected chi connectivity index (χ4v) is 2.46. The molecule has 2 heterocycles. The number of hydrogen-bond acceptors (Lipinski definition) is 6. The standard InChI is InChI=1S/C17H14Cl2N2O5/c18-12-6-10(8-20-16(12)19)17(23)26-9-15(22)21-11-2-3-13-14(7-11)25-5-1-4-24-13/h2-3,6-8H,1,4-5,9H2,(H,21,22). The number of carbonyl (C=O) groups excluding carboxylic acids is 2. The second-order valence-corrected chi connectivity index (χ2v) is 6.10. The molecule has 0 unspecified atom stereocenters. The molecule has 1 N–H and O–H groups in total. The second kappa shape index (κ2) is 8.25. The van der Waals surface area contributed by atoms with Gasteiger partial charge in [-0.25, -0.2) is 9.78 Å². The summed E-state index contributed by atoms with van der Waals surface area (Å²) in [4.78, 5) is 27.6. The Bertz CT molecular complexity index is 844. The molecule has 0 bridgehead atoms. The summed E-state index contributed by atoms with van der Waals surface area (Å²) < 4.78 is 16.0. The van der Waals surface area contributed by atoms with Crippen molar-refractivity contribution in [1.29, 1.82) is 0 Å². The Morgan fingerprint density at radius 3 is 2.69 bits per heavy atom. The highest BCUT2D eigenvalue weighted by molar-refractivity contribution is 6.41. The van der Waals surface area contributed by atoms with E-state index >= 15 is 0 Å². The summed E-state index contributed by atoms with van der Waals surface area (Å²) in [6, 6.07) is 6.37. The number of rotatable bonds is 4. The molecule has 0 saturated carbocycles. The van der Waals surface area contributed by atoms with Crippen LogP contribution < -0.4 is 14.8 Å². The van der Waals surface area contributed by atoms with Crippen LogP contribution in [0.25, 0.3) is 0 Å². The van der Waals surface area contributed by atoms with Crippen molar-refractivity contribution in [2.24, 2.45) is 0 Å². The van der Waals surface area contributed by atoms with Gasteiger partial charge < -0.3 is 19.5 Å². The SMILES string of the molecule is O=C(COC(=O)c1cnc(Cl)c(Cl)c1)Nc1ccc2c(c1)OCCCO2. The van der Waals surface area contributed by atoms with Crippen molar-refractivity contribution in [2.45, 2.75) is 6.42 Å². The minimum Gasteiger partial charge on any atom is -0.490 e. The zero-order chi connectivity index (χ0) is 18.5. The van der Waals surface area contributed by atoms with Crippen molar-refractivity contribution in [3.05, 3.63) is 46.2 Å². The van der Waals surface area contributed by atoms with Crippen molar-refractivity contribution < 1.29 is 23.8 Å². The maximum atomic E-state index is 12.0. The molecule has 0 radical (unpaired) electrons. The third-order valence-electron chi connectivity index (χ3n) is 3.40. The third kappa shape index (κ3) is 4.56. The fraction of sp³-hybridized carbons (Fsp3) is 0.235. The lowest BCUT2D eigenvalue weighted by molar-refractivity contribution is -0.119. The minimum absolute atomic E-state index is 0.0790. The van der Waals surface area contributed by atoms with Gasteiger partial charge >= 0.3 is 5.97 Å². The monoisotopic (exact) mass is 396 g/mol. The predicted octanol–water partition coefficient (Wildman–Crippen LogP) is 3.35. The molecule has 1 aromatic heterocycles. The number of aromatic nitrogens is 1. The van der Waals surface area contributed by atoms with E-state index in [4.69, 9.17) is 37.4 Å². The van der Waals surface area contributed by atoms with Crippen molar-refractivity contribution in [3.63, 3.8) is 0 Å². The van der Waals surface area contributed by atoms with Crippen LogP contribution in [0.5, 0.6) is 11.5 Å². The van der Waals surface area contributed by atoms with Gasteiger partial charge in [0.15, 0.2) is 18.1 Å². The van der Waals surface area contributed by atoms with Crippen LogP contribution in [0.15, 0.2) is 30.5 Å². The molecule has 3 rings (SSSR count). The highest BCUT2D eigenvalue weighted by atomic mass is 35.5. The summed E-state index contributed by atoms with van der Waals surface area (Å²) in [6.45, 7) is 0.658. The molecule has 1 amide bonds. The highest BCUT2D eigenvalue weighted by Gasteiger charge is 2.14. The topological polar surface area (TPSA) is 86.8 Å². The average molecular weight is 397 g/mol. The summed E-state index contributed by atoms with van der Waals surface area (Å²) in [7, 11) is 0. The van der Waals surface area contributed by atoms with E-state index in [-0.39, 0.29) is 15.7 Å². The van der Waals surface area contributed by atoms with E-state index in [1.807, 2.05) is 0 Å². The van der Waals surface area contributed by atoms with Crippen LogP contribution in [0.1, 0.15) is 16.8 Å². The van der Waals surface area contributed by atoms with Crippen molar-refractivity contribution in [1.82, 2.24) is 4.98 Å². The Kier molecular flexibility index (Phi) is 5.80. The molecule has 0 saturated heterocycles. The van der Waals surface area contributed by atoms with Crippen molar-refractivity contribution >= 4 is 40.8 Å². The Morgan fingerprint density at radius 2 is 1.92 bits per heavy atom. The molecule has 0 aliphatic carbocycles. The molecule has 0 atom stereocenters. The lowest BCUT2D eigenvalue weighted by Crippen LogP contribution is -2.21. The summed E-state index contributed by atoms with van der Waals surface area (Å²) in [5.74, 6) is -0.0519. The van der Waals surface area contributed by atoms with E-state index in [0.717, 1.165) is 6.42 Å². The van der Waals surface area contributed by atoms with Crippen LogP contribution in [0, 0.1) is 0 Å². The normalized spacial score (nSPS) is 12.8. The zero-order valence-electron chi connectivity index (χ0n) is 13.5. The van der Waals surface area contributed by atoms with Gasteiger partial charge in [0.25, 0.3) is 5.91 Å². The molecule has 0 fully saturated rings. The number of halogens is 2. The van der Waals surface area contributed by atoms with Gasteiger partial charge in [-0.15, -0.1) is 0 Å². The minimum atomic E-state index is -0.732. The van der Waals surface area contributed by atoms with Gasteiger partial charge in [-0.3, -0.25) is 4.79 Å². The maximum absolute atomic E-state index is 12.0. The van der Waals surface area contributed by atoms with Crippen LogP contribution in [-0.4, -0.2) is 36.7 Å². The van der Waals surface area contributed by atoms with Crippen LogP contribution in [0.4, 0.5) is 5.69 Å². The fourth-order valence-electron chi connectivity index (χ4n) is 2.19.